The third-order valence-electron chi connectivity index (χ3n) is 3.31. The van der Waals surface area contributed by atoms with E-state index in [4.69, 9.17) is 16.3 Å². The maximum absolute atomic E-state index is 12.7. The molecule has 106 valence electrons. The first-order valence-electron chi connectivity index (χ1n) is 6.25. The molecule has 3 nitrogen and oxygen atoms in total. The first-order chi connectivity index (χ1) is 10.1. The molecule has 5 heteroatoms. The number of methoxy groups -OCH3 is 1. The van der Waals surface area contributed by atoms with Crippen molar-refractivity contribution in [3.05, 3.63) is 63.2 Å². The smallest absolute Gasteiger partial charge is 0.196 e. The van der Waals surface area contributed by atoms with E-state index in [2.05, 4.69) is 20.9 Å². The van der Waals surface area contributed by atoms with Crippen LogP contribution in [0, 0.1) is 0 Å². The Kier molecular flexibility index (Phi) is 3.74. The molecule has 0 spiro atoms. The molecule has 0 atom stereocenters. The van der Waals surface area contributed by atoms with E-state index in [1.165, 1.54) is 0 Å². The van der Waals surface area contributed by atoms with E-state index < -0.39 is 0 Å². The van der Waals surface area contributed by atoms with Gasteiger partial charge in [-0.1, -0.05) is 27.5 Å². The summed E-state index contributed by atoms with van der Waals surface area (Å²) in [4.78, 5) is 15.8. The maximum Gasteiger partial charge on any atom is 0.196 e. The van der Waals surface area contributed by atoms with Gasteiger partial charge < -0.3 is 9.72 Å². The number of aromatic nitrogens is 1. The largest absolute Gasteiger partial charge is 0.497 e. The molecular formula is C16H11BrClNO2. The van der Waals surface area contributed by atoms with Crippen LogP contribution in [-0.4, -0.2) is 17.9 Å². The highest BCUT2D eigenvalue weighted by atomic mass is 79.9. The number of rotatable bonds is 3. The van der Waals surface area contributed by atoms with Crippen molar-refractivity contribution in [3.63, 3.8) is 0 Å². The standard InChI is InChI=1S/C16H11BrClNO2/c1-21-10-3-5-15-12(7-10)13(8-19-15)16(20)11-4-2-9(17)6-14(11)18/h2-8,19H,1H3. The molecule has 0 bridgehead atoms. The highest BCUT2D eigenvalue weighted by Gasteiger charge is 2.17. The number of H-pyrrole nitrogens is 1. The number of ether oxygens (including phenoxy) is 1. The Morgan fingerprint density at radius 2 is 2.00 bits per heavy atom. The lowest BCUT2D eigenvalue weighted by molar-refractivity contribution is 0.104. The fourth-order valence-corrected chi connectivity index (χ4v) is 2.99. The van der Waals surface area contributed by atoms with Crippen LogP contribution in [0.4, 0.5) is 0 Å². The molecule has 0 amide bonds. The number of carbonyl (C=O) groups is 1. The van der Waals surface area contributed by atoms with Crippen LogP contribution in [0.1, 0.15) is 15.9 Å². The molecule has 0 saturated heterocycles. The van der Waals surface area contributed by atoms with Gasteiger partial charge in [-0.05, 0) is 36.4 Å². The zero-order chi connectivity index (χ0) is 15.0. The van der Waals surface area contributed by atoms with Gasteiger partial charge >= 0.3 is 0 Å². The first-order valence-corrected chi connectivity index (χ1v) is 7.42. The Morgan fingerprint density at radius 3 is 2.71 bits per heavy atom. The van der Waals surface area contributed by atoms with Crippen molar-refractivity contribution in [3.8, 4) is 5.75 Å². The van der Waals surface area contributed by atoms with Crippen molar-refractivity contribution in [1.82, 2.24) is 4.98 Å². The second kappa shape index (κ2) is 5.54. The van der Waals surface area contributed by atoms with Crippen LogP contribution in [0.25, 0.3) is 10.9 Å². The molecule has 0 fully saturated rings. The Balaban J connectivity index is 2.13. The molecule has 0 aliphatic carbocycles. The van der Waals surface area contributed by atoms with Crippen molar-refractivity contribution in [2.24, 2.45) is 0 Å². The van der Waals surface area contributed by atoms with Crippen LogP contribution in [0.5, 0.6) is 5.75 Å². The Hall–Kier alpha value is -1.78. The van der Waals surface area contributed by atoms with Crippen LogP contribution in [0.2, 0.25) is 5.02 Å². The number of halogens is 2. The second-order valence-electron chi connectivity index (χ2n) is 4.57. The van der Waals surface area contributed by atoms with Crippen molar-refractivity contribution >= 4 is 44.2 Å². The molecular weight excluding hydrogens is 354 g/mol. The molecule has 3 aromatic rings. The molecule has 0 saturated carbocycles. The van der Waals surface area contributed by atoms with Crippen LogP contribution in [0.3, 0.4) is 0 Å². The van der Waals surface area contributed by atoms with E-state index in [-0.39, 0.29) is 5.78 Å². The molecule has 0 radical (unpaired) electrons. The number of fused-ring (bicyclic) bond motifs is 1. The van der Waals surface area contributed by atoms with Gasteiger partial charge in [0.05, 0.1) is 12.1 Å². The van der Waals surface area contributed by atoms with E-state index in [0.29, 0.717) is 21.9 Å². The van der Waals surface area contributed by atoms with Gasteiger partial charge in [-0.3, -0.25) is 4.79 Å². The van der Waals surface area contributed by atoms with Gasteiger partial charge in [-0.25, -0.2) is 0 Å². The number of hydrogen-bond acceptors (Lipinski definition) is 2. The number of carbonyl (C=O) groups excluding carboxylic acids is 1. The fraction of sp³-hybridized carbons (Fsp3) is 0.0625. The van der Waals surface area contributed by atoms with E-state index in [9.17, 15) is 4.79 Å². The van der Waals surface area contributed by atoms with Crippen LogP contribution in [-0.2, 0) is 0 Å². The molecule has 0 unspecified atom stereocenters. The summed E-state index contributed by atoms with van der Waals surface area (Å²) in [6.07, 6.45) is 1.70. The van der Waals surface area contributed by atoms with E-state index >= 15 is 0 Å². The summed E-state index contributed by atoms with van der Waals surface area (Å²) < 4.78 is 6.05. The third kappa shape index (κ3) is 2.57. The molecule has 1 aromatic heterocycles. The maximum atomic E-state index is 12.7. The molecule has 1 N–H and O–H groups in total. The fourth-order valence-electron chi connectivity index (χ4n) is 2.23. The zero-order valence-corrected chi connectivity index (χ0v) is 13.5. The minimum Gasteiger partial charge on any atom is -0.497 e. The summed E-state index contributed by atoms with van der Waals surface area (Å²) in [7, 11) is 1.60. The van der Waals surface area contributed by atoms with Crippen LogP contribution in [0.15, 0.2) is 47.1 Å². The van der Waals surface area contributed by atoms with Gasteiger partial charge in [0, 0.05) is 32.7 Å². The van der Waals surface area contributed by atoms with Gasteiger partial charge in [-0.2, -0.15) is 0 Å². The number of aromatic amines is 1. The van der Waals surface area contributed by atoms with Gasteiger partial charge in [-0.15, -0.1) is 0 Å². The van der Waals surface area contributed by atoms with E-state index in [1.54, 1.807) is 31.5 Å². The second-order valence-corrected chi connectivity index (χ2v) is 5.89. The average molecular weight is 365 g/mol. The van der Waals surface area contributed by atoms with Gasteiger partial charge in [0.2, 0.25) is 0 Å². The van der Waals surface area contributed by atoms with E-state index in [1.807, 2.05) is 18.2 Å². The summed E-state index contributed by atoms with van der Waals surface area (Å²) in [5.74, 6) is 0.588. The molecule has 21 heavy (non-hydrogen) atoms. The summed E-state index contributed by atoms with van der Waals surface area (Å²) >= 11 is 9.50. The lowest BCUT2D eigenvalue weighted by Gasteiger charge is -2.04. The summed E-state index contributed by atoms with van der Waals surface area (Å²) in [6.45, 7) is 0. The van der Waals surface area contributed by atoms with Crippen LogP contribution < -0.4 is 4.74 Å². The first kappa shape index (κ1) is 14.2. The zero-order valence-electron chi connectivity index (χ0n) is 11.1. The SMILES string of the molecule is COc1ccc2[nH]cc(C(=O)c3ccc(Br)cc3Cl)c2c1. The van der Waals surface area contributed by atoms with Gasteiger partial charge in [0.15, 0.2) is 5.78 Å². The molecule has 0 aliphatic heterocycles. The molecule has 1 heterocycles. The summed E-state index contributed by atoms with van der Waals surface area (Å²) in [5.41, 5.74) is 1.93. The minimum absolute atomic E-state index is 0.119. The Bertz CT molecular complexity index is 841. The van der Waals surface area contributed by atoms with Crippen molar-refractivity contribution < 1.29 is 9.53 Å². The summed E-state index contributed by atoms with van der Waals surface area (Å²) in [6, 6.07) is 10.8. The van der Waals surface area contributed by atoms with Crippen molar-refractivity contribution in [2.75, 3.05) is 7.11 Å². The molecule has 0 aliphatic rings. The molecule has 2 aromatic carbocycles. The van der Waals surface area contributed by atoms with Gasteiger partial charge in [0.25, 0.3) is 0 Å². The van der Waals surface area contributed by atoms with Crippen molar-refractivity contribution in [2.45, 2.75) is 0 Å². The lowest BCUT2D eigenvalue weighted by atomic mass is 10.0. The van der Waals surface area contributed by atoms with Gasteiger partial charge in [0.1, 0.15) is 5.75 Å². The highest BCUT2D eigenvalue weighted by molar-refractivity contribution is 9.10. The van der Waals surface area contributed by atoms with Crippen LogP contribution >= 0.6 is 27.5 Å². The predicted molar refractivity (Wildman–Crippen MR) is 87.4 cm³/mol. The summed E-state index contributed by atoms with van der Waals surface area (Å²) in [5, 5.41) is 1.24. The number of hydrogen-bond donors (Lipinski definition) is 1. The highest BCUT2D eigenvalue weighted by Crippen LogP contribution is 2.28. The number of nitrogens with one attached hydrogen (secondary N) is 1. The Morgan fingerprint density at radius 1 is 1.19 bits per heavy atom. The van der Waals surface area contributed by atoms with Crippen molar-refractivity contribution in [1.29, 1.82) is 0 Å². The van der Waals surface area contributed by atoms with E-state index in [0.717, 1.165) is 15.4 Å². The average Bonchev–Trinajstić information content (AvgIpc) is 2.89. The monoisotopic (exact) mass is 363 g/mol. The number of benzene rings is 2. The molecule has 3 rings (SSSR count). The number of ketones is 1. The normalized spacial score (nSPS) is 10.8. The lowest BCUT2D eigenvalue weighted by Crippen LogP contribution is -2.01. The third-order valence-corrected chi connectivity index (χ3v) is 4.12. The predicted octanol–water partition coefficient (Wildman–Crippen LogP) is 4.82. The quantitative estimate of drug-likeness (QED) is 0.677. The topological polar surface area (TPSA) is 42.1 Å². The minimum atomic E-state index is -0.119. The Labute approximate surface area is 135 Å².